The molecular weight excluding hydrogens is 584 g/mol. The third-order valence-corrected chi connectivity index (χ3v) is 7.88. The summed E-state index contributed by atoms with van der Waals surface area (Å²) in [7, 11) is 3.12. The normalized spacial score (nSPS) is 13.4. The lowest BCUT2D eigenvalue weighted by molar-refractivity contribution is -0.115. The van der Waals surface area contributed by atoms with Crippen molar-refractivity contribution in [3.63, 3.8) is 0 Å². The van der Waals surface area contributed by atoms with Gasteiger partial charge in [-0.05, 0) is 59.2 Å². The van der Waals surface area contributed by atoms with Crippen molar-refractivity contribution in [1.29, 1.82) is 0 Å². The average molecular weight is 621 g/mol. The molecule has 0 saturated carbocycles. The van der Waals surface area contributed by atoms with Crippen LogP contribution in [0.15, 0.2) is 109 Å². The van der Waals surface area contributed by atoms with Gasteiger partial charge in [0.05, 0.1) is 31.5 Å². The summed E-state index contributed by atoms with van der Waals surface area (Å²) in [6, 6.07) is 33.6. The lowest BCUT2D eigenvalue weighted by Gasteiger charge is -2.40. The van der Waals surface area contributed by atoms with Crippen LogP contribution >= 0.6 is 12.2 Å². The Morgan fingerprint density at radius 1 is 0.778 bits per heavy atom. The van der Waals surface area contributed by atoms with Crippen molar-refractivity contribution in [3.05, 3.63) is 131 Å². The minimum Gasteiger partial charge on any atom is -0.493 e. The monoisotopic (exact) mass is 620 g/mol. The van der Waals surface area contributed by atoms with E-state index in [-0.39, 0.29) is 17.1 Å². The van der Waals surface area contributed by atoms with E-state index in [4.69, 9.17) is 21.7 Å². The van der Waals surface area contributed by atoms with Crippen LogP contribution in [0.5, 0.6) is 11.5 Å². The number of carbonyl (C=O) groups excluding carboxylic acids is 2. The number of methoxy groups -OCH3 is 2. The molecule has 0 aromatic heterocycles. The number of ether oxygens (including phenoxy) is 2. The van der Waals surface area contributed by atoms with Crippen molar-refractivity contribution >= 4 is 40.9 Å². The first-order valence-electron chi connectivity index (χ1n) is 14.7. The zero-order valence-electron chi connectivity index (χ0n) is 25.3. The van der Waals surface area contributed by atoms with Gasteiger partial charge in [-0.25, -0.2) is 0 Å². The lowest BCUT2D eigenvalue weighted by atomic mass is 9.96. The summed E-state index contributed by atoms with van der Waals surface area (Å²) in [6.07, 6.45) is 3.03. The quantitative estimate of drug-likeness (QED) is 0.181. The van der Waals surface area contributed by atoms with Crippen LogP contribution in [0.25, 0.3) is 6.08 Å². The molecule has 2 amide bonds. The largest absolute Gasteiger partial charge is 0.493 e. The maximum Gasteiger partial charge on any atom is 0.256 e. The number of para-hydroxylation sites is 1. The van der Waals surface area contributed by atoms with Crippen molar-refractivity contribution < 1.29 is 19.1 Å². The van der Waals surface area contributed by atoms with E-state index >= 15 is 0 Å². The zero-order chi connectivity index (χ0) is 31.6. The van der Waals surface area contributed by atoms with E-state index in [9.17, 15) is 9.59 Å². The van der Waals surface area contributed by atoms with Gasteiger partial charge in [-0.2, -0.15) is 0 Å². The number of thiocarbonyl (C=S) groups is 1. The number of nitrogens with one attached hydrogen (secondary N) is 2. The molecule has 0 atom stereocenters. The highest BCUT2D eigenvalue weighted by atomic mass is 32.1. The standard InChI is InChI=1S/C36H36N4O4S/c1-43-31-19-17-26(25-32(31)44-2)18-20-33(41)38-36(45)37-30-16-10-9-15-29(30)35(42)40-23-21-39(22-24-40)34(27-11-5-3-6-12-27)28-13-7-4-8-14-28/h3-20,25,34H,21-24H2,1-2H3,(H2,37,38,41,45)/b20-18+. The third-order valence-electron chi connectivity index (χ3n) is 7.67. The molecule has 5 rings (SSSR count). The van der Waals surface area contributed by atoms with E-state index in [0.29, 0.717) is 35.8 Å². The Morgan fingerprint density at radius 2 is 1.38 bits per heavy atom. The van der Waals surface area contributed by atoms with Crippen LogP contribution < -0.4 is 20.1 Å². The molecule has 1 saturated heterocycles. The first kappa shape index (κ1) is 31.4. The fourth-order valence-electron chi connectivity index (χ4n) is 5.45. The van der Waals surface area contributed by atoms with Crippen LogP contribution in [0.4, 0.5) is 5.69 Å². The summed E-state index contributed by atoms with van der Waals surface area (Å²) < 4.78 is 10.6. The van der Waals surface area contributed by atoms with Gasteiger partial charge >= 0.3 is 0 Å². The molecule has 1 heterocycles. The number of hydrogen-bond donors (Lipinski definition) is 2. The molecule has 0 radical (unpaired) electrons. The average Bonchev–Trinajstić information content (AvgIpc) is 3.08. The van der Waals surface area contributed by atoms with Gasteiger partial charge in [0.25, 0.3) is 5.91 Å². The van der Waals surface area contributed by atoms with Gasteiger partial charge in [-0.1, -0.05) is 78.9 Å². The molecule has 4 aromatic carbocycles. The van der Waals surface area contributed by atoms with Gasteiger partial charge in [-0.15, -0.1) is 0 Å². The summed E-state index contributed by atoms with van der Waals surface area (Å²) in [4.78, 5) is 30.6. The van der Waals surface area contributed by atoms with Crippen LogP contribution in [0, 0.1) is 0 Å². The molecule has 4 aromatic rings. The third kappa shape index (κ3) is 7.94. The Labute approximate surface area is 269 Å². The second-order valence-corrected chi connectivity index (χ2v) is 10.9. The van der Waals surface area contributed by atoms with Gasteiger partial charge in [0, 0.05) is 32.3 Å². The molecule has 1 aliphatic rings. The highest BCUT2D eigenvalue weighted by molar-refractivity contribution is 7.80. The van der Waals surface area contributed by atoms with Gasteiger partial charge in [-0.3, -0.25) is 19.8 Å². The molecule has 0 bridgehead atoms. The van der Waals surface area contributed by atoms with Crippen molar-refractivity contribution in [2.45, 2.75) is 6.04 Å². The number of carbonyl (C=O) groups is 2. The molecule has 0 unspecified atom stereocenters. The van der Waals surface area contributed by atoms with E-state index < -0.39 is 5.91 Å². The predicted octanol–water partition coefficient (Wildman–Crippen LogP) is 5.78. The Morgan fingerprint density at radius 3 is 2.00 bits per heavy atom. The molecule has 0 spiro atoms. The Bertz CT molecular complexity index is 1610. The van der Waals surface area contributed by atoms with Crippen molar-refractivity contribution in [3.8, 4) is 11.5 Å². The smallest absolute Gasteiger partial charge is 0.256 e. The van der Waals surface area contributed by atoms with Crippen LogP contribution in [0.3, 0.4) is 0 Å². The summed E-state index contributed by atoms with van der Waals surface area (Å²) in [5, 5.41) is 5.78. The van der Waals surface area contributed by atoms with Gasteiger partial charge in [0.1, 0.15) is 0 Å². The SMILES string of the molecule is COc1ccc(/C=C/C(=O)NC(=S)Nc2ccccc2C(=O)N2CCN(C(c3ccccc3)c3ccccc3)CC2)cc1OC. The number of hydrogen-bond acceptors (Lipinski definition) is 6. The highest BCUT2D eigenvalue weighted by Gasteiger charge is 2.29. The molecule has 1 aliphatic heterocycles. The summed E-state index contributed by atoms with van der Waals surface area (Å²) >= 11 is 5.41. The number of rotatable bonds is 9. The number of benzene rings is 4. The van der Waals surface area contributed by atoms with Crippen LogP contribution in [-0.2, 0) is 4.79 Å². The molecule has 45 heavy (non-hydrogen) atoms. The molecular formula is C36H36N4O4S. The van der Waals surface area contributed by atoms with Crippen LogP contribution in [-0.4, -0.2) is 67.1 Å². The fraction of sp³-hybridized carbons (Fsp3) is 0.194. The number of nitrogens with zero attached hydrogens (tertiary/aromatic N) is 2. The minimum atomic E-state index is -0.409. The maximum atomic E-state index is 13.7. The molecule has 1 fully saturated rings. The van der Waals surface area contributed by atoms with Gasteiger partial charge < -0.3 is 19.7 Å². The van der Waals surface area contributed by atoms with E-state index in [1.807, 2.05) is 35.2 Å². The number of anilines is 1. The van der Waals surface area contributed by atoms with Crippen molar-refractivity contribution in [2.75, 3.05) is 45.7 Å². The van der Waals surface area contributed by atoms with E-state index in [2.05, 4.69) is 64.1 Å². The van der Waals surface area contributed by atoms with E-state index in [1.54, 1.807) is 44.6 Å². The first-order chi connectivity index (χ1) is 22.0. The van der Waals surface area contributed by atoms with Gasteiger partial charge in [0.2, 0.25) is 5.91 Å². The molecule has 9 heteroatoms. The Hall–Kier alpha value is -4.99. The van der Waals surface area contributed by atoms with Crippen molar-refractivity contribution in [2.24, 2.45) is 0 Å². The topological polar surface area (TPSA) is 83.1 Å². The highest BCUT2D eigenvalue weighted by Crippen LogP contribution is 2.30. The first-order valence-corrected chi connectivity index (χ1v) is 15.1. The Balaban J connectivity index is 1.20. The van der Waals surface area contributed by atoms with E-state index in [1.165, 1.54) is 17.2 Å². The summed E-state index contributed by atoms with van der Waals surface area (Å²) in [5.74, 6) is 0.667. The van der Waals surface area contributed by atoms with Crippen LogP contribution in [0.1, 0.15) is 33.1 Å². The number of piperazine rings is 1. The van der Waals surface area contributed by atoms with E-state index in [0.717, 1.165) is 18.7 Å². The molecule has 8 nitrogen and oxygen atoms in total. The maximum absolute atomic E-state index is 13.7. The molecule has 2 N–H and O–H groups in total. The van der Waals surface area contributed by atoms with Crippen LogP contribution in [0.2, 0.25) is 0 Å². The minimum absolute atomic E-state index is 0.0869. The second-order valence-electron chi connectivity index (χ2n) is 10.5. The van der Waals surface area contributed by atoms with Crippen molar-refractivity contribution in [1.82, 2.24) is 15.1 Å². The summed E-state index contributed by atoms with van der Waals surface area (Å²) in [5.41, 5.74) is 4.24. The zero-order valence-corrected chi connectivity index (χ0v) is 26.1. The lowest BCUT2D eigenvalue weighted by Crippen LogP contribution is -2.50. The predicted molar refractivity (Wildman–Crippen MR) is 182 cm³/mol. The molecule has 230 valence electrons. The van der Waals surface area contributed by atoms with Gasteiger partial charge in [0.15, 0.2) is 16.6 Å². The Kier molecular flexibility index (Phi) is 10.6. The second kappa shape index (κ2) is 15.1. The number of amides is 2. The molecule has 0 aliphatic carbocycles. The fourth-order valence-corrected chi connectivity index (χ4v) is 5.66. The summed E-state index contributed by atoms with van der Waals surface area (Å²) in [6.45, 7) is 2.64.